The summed E-state index contributed by atoms with van der Waals surface area (Å²) in [7, 11) is 0. The molecule has 6 heteroatoms. The lowest BCUT2D eigenvalue weighted by Gasteiger charge is -2.19. The van der Waals surface area contributed by atoms with Gasteiger partial charge in [-0.05, 0) is 18.1 Å². The highest BCUT2D eigenvalue weighted by Gasteiger charge is 2.36. The van der Waals surface area contributed by atoms with Crippen molar-refractivity contribution in [2.45, 2.75) is 19.8 Å². The molecule has 24 heavy (non-hydrogen) atoms. The zero-order valence-corrected chi connectivity index (χ0v) is 13.6. The number of carbonyl (C=O) groups is 3. The van der Waals surface area contributed by atoms with Crippen LogP contribution in [0.25, 0.3) is 0 Å². The van der Waals surface area contributed by atoms with Crippen molar-refractivity contribution in [1.82, 2.24) is 5.32 Å². The zero-order valence-electron chi connectivity index (χ0n) is 13.6. The van der Waals surface area contributed by atoms with E-state index in [0.29, 0.717) is 0 Å². The minimum absolute atomic E-state index is 0.0832. The number of amides is 2. The number of nitrogens with zero attached hydrogens (tertiary/aromatic N) is 1. The van der Waals surface area contributed by atoms with Crippen LogP contribution in [-0.4, -0.2) is 37.5 Å². The van der Waals surface area contributed by atoms with Gasteiger partial charge in [0.05, 0.1) is 12.5 Å². The molecule has 6 nitrogen and oxygen atoms in total. The van der Waals surface area contributed by atoms with Gasteiger partial charge in [0.1, 0.15) is 0 Å². The molecule has 1 N–H and O–H groups in total. The third kappa shape index (κ3) is 4.13. The van der Waals surface area contributed by atoms with E-state index in [9.17, 15) is 14.4 Å². The topological polar surface area (TPSA) is 75.7 Å². The maximum absolute atomic E-state index is 12.3. The SMILES string of the molecule is C#CCNC(=O)COC(=O)[C@@H]1CC(=O)N(c2ccccc2CC)C1. The minimum atomic E-state index is -0.567. The van der Waals surface area contributed by atoms with Crippen LogP contribution in [0, 0.1) is 18.3 Å². The normalized spacial score (nSPS) is 16.6. The fourth-order valence-corrected chi connectivity index (χ4v) is 2.63. The smallest absolute Gasteiger partial charge is 0.311 e. The van der Waals surface area contributed by atoms with Gasteiger partial charge >= 0.3 is 5.97 Å². The second kappa shape index (κ2) is 8.16. The molecule has 2 amide bonds. The molecule has 0 aromatic heterocycles. The van der Waals surface area contributed by atoms with E-state index in [0.717, 1.165) is 17.7 Å². The van der Waals surface area contributed by atoms with Crippen LogP contribution in [0.4, 0.5) is 5.69 Å². The summed E-state index contributed by atoms with van der Waals surface area (Å²) in [6.07, 6.45) is 5.91. The third-order valence-electron chi connectivity index (χ3n) is 3.85. The monoisotopic (exact) mass is 328 g/mol. The predicted molar refractivity (Wildman–Crippen MR) is 89.1 cm³/mol. The van der Waals surface area contributed by atoms with Gasteiger partial charge < -0.3 is 15.0 Å². The number of terminal acetylenes is 1. The molecule has 0 saturated carbocycles. The van der Waals surface area contributed by atoms with Gasteiger partial charge in [-0.2, -0.15) is 0 Å². The van der Waals surface area contributed by atoms with Gasteiger partial charge in [-0.1, -0.05) is 31.0 Å². The lowest BCUT2D eigenvalue weighted by atomic mass is 10.1. The standard InChI is InChI=1S/C18H20N2O4/c1-3-9-19-16(21)12-24-18(23)14-10-17(22)20(11-14)15-8-6-5-7-13(15)4-2/h1,5-8,14H,4,9-12H2,2H3,(H,19,21)/t14-/m1/s1. The van der Waals surface area contributed by atoms with Gasteiger partial charge in [0.15, 0.2) is 6.61 Å². The highest BCUT2D eigenvalue weighted by Crippen LogP contribution is 2.28. The fraction of sp³-hybridized carbons (Fsp3) is 0.389. The number of para-hydroxylation sites is 1. The first-order valence-corrected chi connectivity index (χ1v) is 7.81. The molecule has 1 aliphatic rings. The number of benzene rings is 1. The zero-order chi connectivity index (χ0) is 17.5. The second-order valence-corrected chi connectivity index (χ2v) is 5.48. The summed E-state index contributed by atoms with van der Waals surface area (Å²) >= 11 is 0. The Balaban J connectivity index is 1.95. The van der Waals surface area contributed by atoms with E-state index in [1.165, 1.54) is 0 Å². The van der Waals surface area contributed by atoms with Gasteiger partial charge in [-0.25, -0.2) is 0 Å². The Morgan fingerprint density at radius 2 is 2.17 bits per heavy atom. The van der Waals surface area contributed by atoms with Crippen LogP contribution >= 0.6 is 0 Å². The van der Waals surface area contributed by atoms with E-state index in [2.05, 4.69) is 11.2 Å². The molecular weight excluding hydrogens is 308 g/mol. The molecule has 1 aromatic carbocycles. The summed E-state index contributed by atoms with van der Waals surface area (Å²) < 4.78 is 4.98. The van der Waals surface area contributed by atoms with E-state index in [1.54, 1.807) is 4.90 Å². The van der Waals surface area contributed by atoms with Crippen molar-refractivity contribution in [1.29, 1.82) is 0 Å². The minimum Gasteiger partial charge on any atom is -0.455 e. The summed E-state index contributed by atoms with van der Waals surface area (Å²) in [4.78, 5) is 37.3. The Hall–Kier alpha value is -2.81. The van der Waals surface area contributed by atoms with Crippen molar-refractivity contribution in [3.63, 3.8) is 0 Å². The Bertz CT molecular complexity index is 678. The Labute approximate surface area is 141 Å². The van der Waals surface area contributed by atoms with Crippen LogP contribution in [0.1, 0.15) is 18.9 Å². The first kappa shape index (κ1) is 17.5. The number of rotatable bonds is 6. The number of nitrogens with one attached hydrogen (secondary N) is 1. The average Bonchev–Trinajstić information content (AvgIpc) is 2.99. The van der Waals surface area contributed by atoms with Crippen molar-refractivity contribution in [2.24, 2.45) is 5.92 Å². The van der Waals surface area contributed by atoms with Crippen molar-refractivity contribution in [3.05, 3.63) is 29.8 Å². The summed E-state index contributed by atoms with van der Waals surface area (Å²) in [6, 6.07) is 7.62. The van der Waals surface area contributed by atoms with Crippen molar-refractivity contribution in [2.75, 3.05) is 24.6 Å². The fourth-order valence-electron chi connectivity index (χ4n) is 2.63. The second-order valence-electron chi connectivity index (χ2n) is 5.48. The van der Waals surface area contributed by atoms with Crippen molar-refractivity contribution < 1.29 is 19.1 Å². The predicted octanol–water partition coefficient (Wildman–Crippen LogP) is 0.894. The van der Waals surface area contributed by atoms with Crippen LogP contribution in [0.5, 0.6) is 0 Å². The Kier molecular flexibility index (Phi) is 5.96. The molecule has 2 rings (SSSR count). The van der Waals surface area contributed by atoms with Crippen LogP contribution in [0.3, 0.4) is 0 Å². The summed E-state index contributed by atoms with van der Waals surface area (Å²) in [5, 5.41) is 2.41. The first-order chi connectivity index (χ1) is 11.6. The van der Waals surface area contributed by atoms with Gasteiger partial charge in [-0.3, -0.25) is 14.4 Å². The van der Waals surface area contributed by atoms with Gasteiger partial charge in [0.2, 0.25) is 5.91 Å². The third-order valence-corrected chi connectivity index (χ3v) is 3.85. The molecule has 0 aliphatic carbocycles. The molecule has 0 unspecified atom stereocenters. The molecule has 1 atom stereocenters. The van der Waals surface area contributed by atoms with Crippen LogP contribution in [-0.2, 0) is 25.5 Å². The average molecular weight is 328 g/mol. The number of ether oxygens (including phenoxy) is 1. The lowest BCUT2D eigenvalue weighted by molar-refractivity contribution is -0.152. The quantitative estimate of drug-likeness (QED) is 0.622. The highest BCUT2D eigenvalue weighted by atomic mass is 16.5. The van der Waals surface area contributed by atoms with Crippen LogP contribution in [0.2, 0.25) is 0 Å². The number of carbonyl (C=O) groups excluding carboxylic acids is 3. The highest BCUT2D eigenvalue weighted by molar-refractivity contribution is 6.00. The van der Waals surface area contributed by atoms with Gasteiger partial charge in [-0.15, -0.1) is 6.42 Å². The van der Waals surface area contributed by atoms with E-state index in [1.807, 2.05) is 31.2 Å². The first-order valence-electron chi connectivity index (χ1n) is 7.81. The maximum atomic E-state index is 12.3. The molecule has 0 spiro atoms. The van der Waals surface area contributed by atoms with Gasteiger partial charge in [0.25, 0.3) is 5.91 Å². The number of hydrogen-bond acceptors (Lipinski definition) is 4. The molecule has 1 aliphatic heterocycles. The largest absolute Gasteiger partial charge is 0.455 e. The Morgan fingerprint density at radius 3 is 2.88 bits per heavy atom. The molecule has 1 aromatic rings. The maximum Gasteiger partial charge on any atom is 0.311 e. The Morgan fingerprint density at radius 1 is 1.42 bits per heavy atom. The van der Waals surface area contributed by atoms with E-state index in [4.69, 9.17) is 11.2 Å². The van der Waals surface area contributed by atoms with E-state index in [-0.39, 0.29) is 25.4 Å². The number of aryl methyl sites for hydroxylation is 1. The molecule has 0 bridgehead atoms. The van der Waals surface area contributed by atoms with E-state index >= 15 is 0 Å². The number of esters is 1. The summed E-state index contributed by atoms with van der Waals surface area (Å²) in [6.45, 7) is 1.97. The number of hydrogen-bond donors (Lipinski definition) is 1. The van der Waals surface area contributed by atoms with E-state index < -0.39 is 24.4 Å². The lowest BCUT2D eigenvalue weighted by Crippen LogP contribution is -2.31. The molecule has 126 valence electrons. The van der Waals surface area contributed by atoms with Gasteiger partial charge in [0, 0.05) is 18.7 Å². The molecule has 1 fully saturated rings. The molecular formula is C18H20N2O4. The summed E-state index contributed by atoms with van der Waals surface area (Å²) in [5.41, 5.74) is 1.88. The molecule has 0 radical (unpaired) electrons. The summed E-state index contributed by atoms with van der Waals surface area (Å²) in [5.74, 6) is 0.570. The van der Waals surface area contributed by atoms with Crippen molar-refractivity contribution >= 4 is 23.5 Å². The molecule has 1 saturated heterocycles. The van der Waals surface area contributed by atoms with Crippen molar-refractivity contribution in [3.8, 4) is 12.3 Å². The number of anilines is 1. The molecule has 1 heterocycles. The van der Waals surface area contributed by atoms with Crippen LogP contribution < -0.4 is 10.2 Å². The van der Waals surface area contributed by atoms with Crippen LogP contribution in [0.15, 0.2) is 24.3 Å².